The van der Waals surface area contributed by atoms with E-state index in [1.807, 2.05) is 0 Å². The number of aromatic nitrogens is 3. The first-order chi connectivity index (χ1) is 9.36. The SMILES string of the molecule is Cc1nn(C)c(NS(=O)(=O)c2cccnc2C#N)c1N. The molecule has 0 amide bonds. The smallest absolute Gasteiger partial charge is 0.266 e. The van der Waals surface area contributed by atoms with Crippen LogP contribution in [0.5, 0.6) is 0 Å². The predicted octanol–water partition coefficient (Wildman–Crippen LogP) is 0.378. The van der Waals surface area contributed by atoms with Crippen molar-refractivity contribution in [3.05, 3.63) is 29.7 Å². The van der Waals surface area contributed by atoms with Crippen molar-refractivity contribution in [2.75, 3.05) is 10.5 Å². The van der Waals surface area contributed by atoms with E-state index in [0.29, 0.717) is 5.69 Å². The molecular formula is C11H12N6O2S. The maximum atomic E-state index is 12.3. The van der Waals surface area contributed by atoms with Crippen LogP contribution in [0, 0.1) is 18.3 Å². The highest BCUT2D eigenvalue weighted by molar-refractivity contribution is 7.92. The van der Waals surface area contributed by atoms with Gasteiger partial charge in [0.1, 0.15) is 11.0 Å². The largest absolute Gasteiger partial charge is 0.394 e. The number of anilines is 2. The van der Waals surface area contributed by atoms with Gasteiger partial charge >= 0.3 is 0 Å². The van der Waals surface area contributed by atoms with Gasteiger partial charge in [-0.3, -0.25) is 4.72 Å². The Labute approximate surface area is 115 Å². The van der Waals surface area contributed by atoms with Crippen LogP contribution in [0.1, 0.15) is 11.4 Å². The third kappa shape index (κ3) is 2.28. The number of nitrogen functional groups attached to an aromatic ring is 1. The summed E-state index contributed by atoms with van der Waals surface area (Å²) in [6.07, 6.45) is 1.35. The molecule has 0 unspecified atom stereocenters. The highest BCUT2D eigenvalue weighted by atomic mass is 32.2. The average molecular weight is 292 g/mol. The molecule has 0 saturated carbocycles. The number of nitrogens with one attached hydrogen (secondary N) is 1. The molecule has 0 spiro atoms. The monoisotopic (exact) mass is 292 g/mol. The minimum atomic E-state index is -3.96. The molecule has 2 aromatic heterocycles. The van der Waals surface area contributed by atoms with Gasteiger partial charge in [0.15, 0.2) is 11.5 Å². The zero-order valence-electron chi connectivity index (χ0n) is 10.8. The van der Waals surface area contributed by atoms with Crippen molar-refractivity contribution in [2.45, 2.75) is 11.8 Å². The Morgan fingerprint density at radius 2 is 2.20 bits per heavy atom. The standard InChI is InChI=1S/C11H12N6O2S/c1-7-10(13)11(17(2)15-7)16-20(18,19)9-4-3-5-14-8(9)6-12/h3-5,16H,13H2,1-2H3. The Balaban J connectivity index is 2.50. The average Bonchev–Trinajstić information content (AvgIpc) is 2.65. The molecule has 0 bridgehead atoms. The summed E-state index contributed by atoms with van der Waals surface area (Å²) in [5.74, 6) is 0.148. The van der Waals surface area contributed by atoms with Gasteiger partial charge in [-0.2, -0.15) is 10.4 Å². The van der Waals surface area contributed by atoms with Crippen LogP contribution < -0.4 is 10.5 Å². The number of aryl methyl sites for hydroxylation is 2. The van der Waals surface area contributed by atoms with Gasteiger partial charge in [0.25, 0.3) is 10.0 Å². The van der Waals surface area contributed by atoms with E-state index in [0.717, 1.165) is 0 Å². The Bertz CT molecular complexity index is 803. The number of hydrogen-bond donors (Lipinski definition) is 2. The van der Waals surface area contributed by atoms with Gasteiger partial charge in [-0.25, -0.2) is 18.1 Å². The van der Waals surface area contributed by atoms with E-state index >= 15 is 0 Å². The summed E-state index contributed by atoms with van der Waals surface area (Å²) in [7, 11) is -2.40. The van der Waals surface area contributed by atoms with Crippen molar-refractivity contribution in [1.82, 2.24) is 14.8 Å². The first kappa shape index (κ1) is 13.8. The lowest BCUT2D eigenvalue weighted by Crippen LogP contribution is -2.17. The van der Waals surface area contributed by atoms with Gasteiger partial charge in [0, 0.05) is 13.2 Å². The minimum absolute atomic E-state index is 0.148. The van der Waals surface area contributed by atoms with Gasteiger partial charge in [-0.15, -0.1) is 0 Å². The summed E-state index contributed by atoms with van der Waals surface area (Å²) in [6, 6.07) is 4.47. The van der Waals surface area contributed by atoms with Gasteiger partial charge in [-0.05, 0) is 19.1 Å². The molecule has 0 aliphatic carbocycles. The van der Waals surface area contributed by atoms with Crippen LogP contribution in [-0.2, 0) is 17.1 Å². The first-order valence-electron chi connectivity index (χ1n) is 5.54. The maximum Gasteiger partial charge on any atom is 0.266 e. The van der Waals surface area contributed by atoms with Crippen molar-refractivity contribution < 1.29 is 8.42 Å². The van der Waals surface area contributed by atoms with Crippen molar-refractivity contribution >= 4 is 21.5 Å². The Morgan fingerprint density at radius 3 is 2.75 bits per heavy atom. The number of sulfonamides is 1. The molecule has 104 valence electrons. The fourth-order valence-electron chi connectivity index (χ4n) is 1.67. The molecule has 0 aliphatic heterocycles. The second kappa shape index (κ2) is 4.82. The summed E-state index contributed by atoms with van der Waals surface area (Å²) in [5.41, 5.74) is 6.33. The van der Waals surface area contributed by atoms with Crippen LogP contribution in [0.4, 0.5) is 11.5 Å². The zero-order chi connectivity index (χ0) is 14.9. The fourth-order valence-corrected chi connectivity index (χ4v) is 2.89. The first-order valence-corrected chi connectivity index (χ1v) is 7.02. The van der Waals surface area contributed by atoms with Crippen LogP contribution in [0.3, 0.4) is 0 Å². The molecule has 0 saturated heterocycles. The van der Waals surface area contributed by atoms with Crippen LogP contribution in [0.2, 0.25) is 0 Å². The van der Waals surface area contributed by atoms with Crippen LogP contribution >= 0.6 is 0 Å². The third-order valence-electron chi connectivity index (χ3n) is 2.67. The molecule has 2 aromatic rings. The summed E-state index contributed by atoms with van der Waals surface area (Å²) in [6.45, 7) is 1.66. The number of nitriles is 1. The Kier molecular flexibility index (Phi) is 3.33. The normalized spacial score (nSPS) is 11.1. The highest BCUT2D eigenvalue weighted by Crippen LogP contribution is 2.24. The lowest BCUT2D eigenvalue weighted by Gasteiger charge is -2.09. The van der Waals surface area contributed by atoms with Crippen LogP contribution in [0.25, 0.3) is 0 Å². The van der Waals surface area contributed by atoms with Crippen molar-refractivity contribution in [3.8, 4) is 6.07 Å². The van der Waals surface area contributed by atoms with Crippen LogP contribution in [0.15, 0.2) is 23.2 Å². The zero-order valence-corrected chi connectivity index (χ0v) is 11.6. The van der Waals surface area contributed by atoms with Crippen LogP contribution in [-0.4, -0.2) is 23.2 Å². The summed E-state index contributed by atoms with van der Waals surface area (Å²) < 4.78 is 28.2. The predicted molar refractivity (Wildman–Crippen MR) is 72.1 cm³/mol. The molecule has 0 radical (unpaired) electrons. The molecule has 8 nitrogen and oxygen atoms in total. The van der Waals surface area contributed by atoms with Gasteiger partial charge in [0.2, 0.25) is 0 Å². The molecule has 9 heteroatoms. The summed E-state index contributed by atoms with van der Waals surface area (Å²) >= 11 is 0. The van der Waals surface area contributed by atoms with E-state index in [4.69, 9.17) is 11.0 Å². The molecule has 2 heterocycles. The number of rotatable bonds is 3. The third-order valence-corrected chi connectivity index (χ3v) is 4.04. The van der Waals surface area contributed by atoms with Crippen molar-refractivity contribution in [3.63, 3.8) is 0 Å². The molecule has 2 rings (SSSR count). The second-order valence-electron chi connectivity index (χ2n) is 4.04. The second-order valence-corrected chi connectivity index (χ2v) is 5.69. The van der Waals surface area contributed by atoms with E-state index in [9.17, 15) is 8.42 Å². The van der Waals surface area contributed by atoms with Crippen molar-refractivity contribution in [2.24, 2.45) is 7.05 Å². The molecule has 0 atom stereocenters. The quantitative estimate of drug-likeness (QED) is 0.841. The number of pyridine rings is 1. The van der Waals surface area contributed by atoms with E-state index < -0.39 is 10.0 Å². The molecule has 20 heavy (non-hydrogen) atoms. The maximum absolute atomic E-state index is 12.3. The molecule has 0 aliphatic rings. The van der Waals surface area contributed by atoms with Crippen molar-refractivity contribution in [1.29, 1.82) is 5.26 Å². The van der Waals surface area contributed by atoms with E-state index in [2.05, 4.69) is 14.8 Å². The van der Waals surface area contributed by atoms with E-state index in [-0.39, 0.29) is 22.1 Å². The van der Waals surface area contributed by atoms with E-state index in [1.165, 1.54) is 23.0 Å². The summed E-state index contributed by atoms with van der Waals surface area (Å²) in [4.78, 5) is 3.51. The topological polar surface area (TPSA) is 127 Å². The fraction of sp³-hybridized carbons (Fsp3) is 0.182. The molecular weight excluding hydrogens is 280 g/mol. The summed E-state index contributed by atoms with van der Waals surface area (Å²) in [5, 5.41) is 12.9. The number of hydrogen-bond acceptors (Lipinski definition) is 6. The Morgan fingerprint density at radius 1 is 1.50 bits per heavy atom. The van der Waals surface area contributed by atoms with Gasteiger partial charge in [0.05, 0.1) is 11.4 Å². The van der Waals surface area contributed by atoms with Gasteiger partial charge < -0.3 is 5.73 Å². The minimum Gasteiger partial charge on any atom is -0.394 e. The number of nitrogens with two attached hydrogens (primary N) is 1. The molecule has 0 fully saturated rings. The number of nitrogens with zero attached hydrogens (tertiary/aromatic N) is 4. The lowest BCUT2D eigenvalue weighted by molar-refractivity contribution is 0.599. The Hall–Kier alpha value is -2.60. The van der Waals surface area contributed by atoms with Gasteiger partial charge in [-0.1, -0.05) is 0 Å². The molecule has 0 aromatic carbocycles. The molecule has 3 N–H and O–H groups in total. The van der Waals surface area contributed by atoms with E-state index in [1.54, 1.807) is 20.0 Å². The lowest BCUT2D eigenvalue weighted by atomic mass is 10.4. The highest BCUT2D eigenvalue weighted by Gasteiger charge is 2.22.